The highest BCUT2D eigenvalue weighted by molar-refractivity contribution is 6.12. The van der Waals surface area contributed by atoms with Gasteiger partial charge in [0.25, 0.3) is 5.69 Å². The van der Waals surface area contributed by atoms with Gasteiger partial charge in [-0.3, -0.25) is 10.1 Å². The van der Waals surface area contributed by atoms with Crippen molar-refractivity contribution in [2.24, 2.45) is 0 Å². The van der Waals surface area contributed by atoms with E-state index in [1.807, 2.05) is 48.5 Å². The molecule has 1 heterocycles. The summed E-state index contributed by atoms with van der Waals surface area (Å²) < 4.78 is 2.26. The van der Waals surface area contributed by atoms with Gasteiger partial charge in [-0.15, -0.1) is 0 Å². The van der Waals surface area contributed by atoms with E-state index >= 15 is 0 Å². The number of nitro benzene ring substituents is 1. The second-order valence-electron chi connectivity index (χ2n) is 7.86. The molecule has 0 spiro atoms. The van der Waals surface area contributed by atoms with Crippen molar-refractivity contribution in [2.75, 3.05) is 0 Å². The second kappa shape index (κ2) is 7.06. The quantitative estimate of drug-likeness (QED) is 0.222. The van der Waals surface area contributed by atoms with Crippen LogP contribution in [0.2, 0.25) is 0 Å². The fourth-order valence-electron chi connectivity index (χ4n) is 4.71. The zero-order chi connectivity index (χ0) is 21.7. The number of para-hydroxylation sites is 2. The maximum absolute atomic E-state index is 11.7. The molecular formula is C28H18N2O2. The predicted octanol–water partition coefficient (Wildman–Crippen LogP) is 7.51. The monoisotopic (exact) mass is 414 g/mol. The summed E-state index contributed by atoms with van der Waals surface area (Å²) in [6, 6.07) is 36.1. The number of aromatic nitrogens is 1. The van der Waals surface area contributed by atoms with Gasteiger partial charge in [0.2, 0.25) is 0 Å². The summed E-state index contributed by atoms with van der Waals surface area (Å²) in [4.78, 5) is 11.4. The van der Waals surface area contributed by atoms with Crippen molar-refractivity contribution < 1.29 is 4.92 Å². The van der Waals surface area contributed by atoms with E-state index in [1.54, 1.807) is 12.1 Å². The lowest BCUT2D eigenvalue weighted by atomic mass is 9.96. The molecule has 0 bridgehead atoms. The number of nitro groups is 1. The smallest absolute Gasteiger partial charge is 0.277 e. The van der Waals surface area contributed by atoms with Crippen LogP contribution in [0.25, 0.3) is 49.4 Å². The van der Waals surface area contributed by atoms with E-state index in [2.05, 4.69) is 53.1 Å². The highest BCUT2D eigenvalue weighted by Gasteiger charge is 2.18. The number of non-ortho nitro benzene ring substituents is 1. The molecule has 0 atom stereocenters. The van der Waals surface area contributed by atoms with Crippen LogP contribution in [-0.4, -0.2) is 9.49 Å². The van der Waals surface area contributed by atoms with Crippen molar-refractivity contribution in [1.29, 1.82) is 0 Å². The Morgan fingerprint density at radius 3 is 2.19 bits per heavy atom. The largest absolute Gasteiger partial charge is 0.309 e. The Labute approximate surface area is 184 Å². The van der Waals surface area contributed by atoms with Crippen LogP contribution in [0.3, 0.4) is 0 Å². The number of rotatable bonds is 3. The molecule has 6 aromatic rings. The molecule has 0 saturated carbocycles. The van der Waals surface area contributed by atoms with Crippen LogP contribution in [0.1, 0.15) is 0 Å². The van der Waals surface area contributed by atoms with Gasteiger partial charge < -0.3 is 4.57 Å². The number of hydrogen-bond donors (Lipinski definition) is 0. The zero-order valence-corrected chi connectivity index (χ0v) is 17.1. The molecule has 0 unspecified atom stereocenters. The van der Waals surface area contributed by atoms with Gasteiger partial charge in [0.1, 0.15) is 0 Å². The summed E-state index contributed by atoms with van der Waals surface area (Å²) in [6.45, 7) is 0. The molecule has 0 N–H and O–H groups in total. The summed E-state index contributed by atoms with van der Waals surface area (Å²) in [5.41, 5.74) is 5.31. The Bertz CT molecular complexity index is 1640. The van der Waals surface area contributed by atoms with Gasteiger partial charge in [0.05, 0.1) is 21.3 Å². The summed E-state index contributed by atoms with van der Waals surface area (Å²) in [5.74, 6) is 0. The summed E-state index contributed by atoms with van der Waals surface area (Å²) in [7, 11) is 0. The van der Waals surface area contributed by atoms with E-state index in [-0.39, 0.29) is 10.6 Å². The lowest BCUT2D eigenvalue weighted by molar-refractivity contribution is -0.383. The molecule has 4 nitrogen and oxygen atoms in total. The number of fused-ring (bicyclic) bond motifs is 4. The minimum Gasteiger partial charge on any atom is -0.309 e. The molecule has 0 radical (unpaired) electrons. The van der Waals surface area contributed by atoms with Gasteiger partial charge in [0, 0.05) is 22.5 Å². The Balaban J connectivity index is 1.68. The van der Waals surface area contributed by atoms with E-state index < -0.39 is 0 Å². The van der Waals surface area contributed by atoms with Gasteiger partial charge in [-0.2, -0.15) is 0 Å². The average Bonchev–Trinajstić information content (AvgIpc) is 3.17. The number of nitrogens with zero attached hydrogens (tertiary/aromatic N) is 2. The zero-order valence-electron chi connectivity index (χ0n) is 17.1. The molecule has 6 rings (SSSR count). The van der Waals surface area contributed by atoms with Crippen molar-refractivity contribution >= 4 is 38.3 Å². The minimum absolute atomic E-state index is 0.130. The molecule has 4 heteroatoms. The first kappa shape index (κ1) is 18.3. The molecule has 32 heavy (non-hydrogen) atoms. The molecule has 0 aliphatic rings. The molecule has 1 aromatic heterocycles. The average molecular weight is 414 g/mol. The van der Waals surface area contributed by atoms with Crippen LogP contribution in [-0.2, 0) is 0 Å². The van der Waals surface area contributed by atoms with Gasteiger partial charge in [-0.05, 0) is 46.8 Å². The maximum atomic E-state index is 11.7. The molecule has 0 fully saturated rings. The third-order valence-corrected chi connectivity index (χ3v) is 6.08. The molecule has 0 aliphatic carbocycles. The first-order valence-corrected chi connectivity index (χ1v) is 10.5. The van der Waals surface area contributed by atoms with Crippen LogP contribution < -0.4 is 0 Å². The highest BCUT2D eigenvalue weighted by Crippen LogP contribution is 2.39. The predicted molar refractivity (Wildman–Crippen MR) is 130 cm³/mol. The third kappa shape index (κ3) is 2.70. The Morgan fingerprint density at radius 1 is 0.656 bits per heavy atom. The SMILES string of the molecule is O=[N+]([O-])c1cccc2cccc(-c3ccc4c(c3)c3ccccc3n4-c3ccccc3)c12. The fraction of sp³-hybridized carbons (Fsp3) is 0. The molecule has 0 amide bonds. The fourth-order valence-corrected chi connectivity index (χ4v) is 4.71. The van der Waals surface area contributed by atoms with Crippen LogP contribution in [0.5, 0.6) is 0 Å². The first-order valence-electron chi connectivity index (χ1n) is 10.5. The third-order valence-electron chi connectivity index (χ3n) is 6.08. The normalized spacial score (nSPS) is 11.4. The van der Waals surface area contributed by atoms with Gasteiger partial charge in [-0.25, -0.2) is 0 Å². The highest BCUT2D eigenvalue weighted by atomic mass is 16.6. The van der Waals surface area contributed by atoms with Crippen LogP contribution in [0.4, 0.5) is 5.69 Å². The molecule has 0 aliphatic heterocycles. The standard InChI is InChI=1S/C28H18N2O2/c31-30(32)27-15-7-9-19-8-6-13-22(28(19)27)20-16-17-26-24(18-20)23-12-4-5-14-25(23)29(26)21-10-2-1-3-11-21/h1-18H. The van der Waals surface area contributed by atoms with E-state index in [9.17, 15) is 10.1 Å². The first-order chi connectivity index (χ1) is 15.7. The van der Waals surface area contributed by atoms with Crippen LogP contribution in [0.15, 0.2) is 109 Å². The van der Waals surface area contributed by atoms with E-state index in [0.717, 1.165) is 44.0 Å². The number of hydrogen-bond acceptors (Lipinski definition) is 2. The Kier molecular flexibility index (Phi) is 4.05. The van der Waals surface area contributed by atoms with Crippen molar-refractivity contribution in [3.8, 4) is 16.8 Å². The van der Waals surface area contributed by atoms with E-state index in [1.165, 1.54) is 0 Å². The van der Waals surface area contributed by atoms with Crippen molar-refractivity contribution in [1.82, 2.24) is 4.57 Å². The summed E-state index contributed by atoms with van der Waals surface area (Å²) >= 11 is 0. The molecule has 5 aromatic carbocycles. The summed E-state index contributed by atoms with van der Waals surface area (Å²) in [6.07, 6.45) is 0. The lowest BCUT2D eigenvalue weighted by Gasteiger charge is -2.10. The van der Waals surface area contributed by atoms with Crippen molar-refractivity contribution in [3.05, 3.63) is 119 Å². The van der Waals surface area contributed by atoms with Crippen molar-refractivity contribution in [3.63, 3.8) is 0 Å². The maximum Gasteiger partial charge on any atom is 0.277 e. The van der Waals surface area contributed by atoms with Gasteiger partial charge in [-0.1, -0.05) is 72.8 Å². The lowest BCUT2D eigenvalue weighted by Crippen LogP contribution is -1.93. The van der Waals surface area contributed by atoms with E-state index in [0.29, 0.717) is 5.39 Å². The molecule has 0 saturated heterocycles. The Hall–Kier alpha value is -4.44. The molecule has 152 valence electrons. The number of benzene rings is 5. The molecular weight excluding hydrogens is 396 g/mol. The van der Waals surface area contributed by atoms with Gasteiger partial charge in [0.15, 0.2) is 0 Å². The Morgan fingerprint density at radius 2 is 1.38 bits per heavy atom. The van der Waals surface area contributed by atoms with Crippen LogP contribution in [0, 0.1) is 10.1 Å². The van der Waals surface area contributed by atoms with Crippen LogP contribution >= 0.6 is 0 Å². The van der Waals surface area contributed by atoms with E-state index in [4.69, 9.17) is 0 Å². The summed E-state index contributed by atoms with van der Waals surface area (Å²) in [5, 5.41) is 15.6. The minimum atomic E-state index is -0.300. The van der Waals surface area contributed by atoms with Gasteiger partial charge >= 0.3 is 0 Å². The second-order valence-corrected chi connectivity index (χ2v) is 7.86. The topological polar surface area (TPSA) is 48.1 Å². The van der Waals surface area contributed by atoms with Crippen molar-refractivity contribution in [2.45, 2.75) is 0 Å².